The van der Waals surface area contributed by atoms with Crippen LogP contribution < -0.4 is 5.32 Å². The van der Waals surface area contributed by atoms with E-state index in [2.05, 4.69) is 15.3 Å². The predicted octanol–water partition coefficient (Wildman–Crippen LogP) is 2.60. The molecule has 7 heteroatoms. The van der Waals surface area contributed by atoms with Crippen molar-refractivity contribution in [2.24, 2.45) is 7.05 Å². The molecule has 3 heterocycles. The highest BCUT2D eigenvalue weighted by Crippen LogP contribution is 2.18. The predicted molar refractivity (Wildman–Crippen MR) is 83.9 cm³/mol. The minimum absolute atomic E-state index is 0.175. The molecule has 1 unspecified atom stereocenters. The van der Waals surface area contributed by atoms with Gasteiger partial charge in [-0.3, -0.25) is 9.20 Å². The Balaban J connectivity index is 1.85. The van der Waals surface area contributed by atoms with Crippen molar-refractivity contribution in [3.8, 4) is 0 Å². The highest BCUT2D eigenvalue weighted by molar-refractivity contribution is 6.31. The maximum absolute atomic E-state index is 12.4. The van der Waals surface area contributed by atoms with Gasteiger partial charge in [-0.1, -0.05) is 18.5 Å². The minimum atomic E-state index is -0.178. The van der Waals surface area contributed by atoms with Crippen molar-refractivity contribution >= 4 is 23.3 Å². The van der Waals surface area contributed by atoms with E-state index >= 15 is 0 Å². The third kappa shape index (κ3) is 2.69. The highest BCUT2D eigenvalue weighted by atomic mass is 35.5. The second-order valence-electron chi connectivity index (χ2n) is 5.08. The Morgan fingerprint density at radius 1 is 1.45 bits per heavy atom. The zero-order chi connectivity index (χ0) is 15.7. The molecular weight excluding hydrogens is 302 g/mol. The Hall–Kier alpha value is -2.34. The van der Waals surface area contributed by atoms with E-state index in [4.69, 9.17) is 11.6 Å². The molecule has 0 spiro atoms. The molecule has 1 amide bonds. The molecule has 0 saturated heterocycles. The van der Waals surface area contributed by atoms with Crippen molar-refractivity contribution < 1.29 is 4.79 Å². The Morgan fingerprint density at radius 2 is 2.27 bits per heavy atom. The number of carbonyl (C=O) groups excluding carboxylic acids is 1. The van der Waals surface area contributed by atoms with Crippen LogP contribution in [0.5, 0.6) is 0 Å². The molecule has 1 atom stereocenters. The fraction of sp³-hybridized carbons (Fsp3) is 0.267. The van der Waals surface area contributed by atoms with Crippen molar-refractivity contribution in [2.45, 2.75) is 19.4 Å². The van der Waals surface area contributed by atoms with E-state index in [1.807, 2.05) is 29.8 Å². The average molecular weight is 318 g/mol. The zero-order valence-electron chi connectivity index (χ0n) is 12.3. The van der Waals surface area contributed by atoms with Gasteiger partial charge in [0, 0.05) is 31.8 Å². The number of hydrogen-bond acceptors (Lipinski definition) is 3. The molecule has 0 aromatic carbocycles. The number of amides is 1. The van der Waals surface area contributed by atoms with E-state index in [1.54, 1.807) is 30.1 Å². The van der Waals surface area contributed by atoms with E-state index in [0.29, 0.717) is 16.5 Å². The van der Waals surface area contributed by atoms with Gasteiger partial charge in [-0.25, -0.2) is 9.97 Å². The van der Waals surface area contributed by atoms with Gasteiger partial charge in [-0.05, 0) is 18.6 Å². The number of halogens is 1. The number of fused-ring (bicyclic) bond motifs is 1. The third-order valence-corrected chi connectivity index (χ3v) is 3.74. The summed E-state index contributed by atoms with van der Waals surface area (Å²) in [7, 11) is 1.79. The highest BCUT2D eigenvalue weighted by Gasteiger charge is 2.19. The summed E-state index contributed by atoms with van der Waals surface area (Å²) in [5.74, 6) is 0.443. The lowest BCUT2D eigenvalue weighted by molar-refractivity contribution is 0.0926. The molecule has 0 aliphatic rings. The summed E-state index contributed by atoms with van der Waals surface area (Å²) in [5.41, 5.74) is 1.31. The average Bonchev–Trinajstić information content (AvgIpc) is 3.07. The fourth-order valence-electron chi connectivity index (χ4n) is 2.38. The van der Waals surface area contributed by atoms with Crippen molar-refractivity contribution in [3.05, 3.63) is 53.3 Å². The van der Waals surface area contributed by atoms with Crippen LogP contribution in [0.2, 0.25) is 5.02 Å². The first-order valence-electron chi connectivity index (χ1n) is 7.01. The monoisotopic (exact) mass is 317 g/mol. The number of carbonyl (C=O) groups is 1. The molecule has 3 aromatic rings. The number of aryl methyl sites for hydroxylation is 1. The summed E-state index contributed by atoms with van der Waals surface area (Å²) in [4.78, 5) is 21.0. The number of nitrogens with one attached hydrogen (secondary N) is 1. The van der Waals surface area contributed by atoms with E-state index in [0.717, 1.165) is 12.1 Å². The van der Waals surface area contributed by atoms with Gasteiger partial charge in [0.05, 0.1) is 16.8 Å². The lowest BCUT2D eigenvalue weighted by Gasteiger charge is -2.14. The lowest BCUT2D eigenvalue weighted by Crippen LogP contribution is -2.29. The van der Waals surface area contributed by atoms with Crippen molar-refractivity contribution in [2.75, 3.05) is 0 Å². The van der Waals surface area contributed by atoms with E-state index in [-0.39, 0.29) is 11.9 Å². The standard InChI is InChI=1S/C15H16ClN5O/c1-3-11(12-9-21-6-4-5-17-15(21)19-12)18-14(22)13-7-10(16)8-20(13)2/h4-9,11H,3H2,1-2H3,(H,18,22). The van der Waals surface area contributed by atoms with Gasteiger partial charge in [-0.2, -0.15) is 0 Å². The summed E-state index contributed by atoms with van der Waals surface area (Å²) in [6.45, 7) is 2.00. The quantitative estimate of drug-likeness (QED) is 0.804. The number of rotatable bonds is 4. The van der Waals surface area contributed by atoms with Crippen molar-refractivity contribution in [1.82, 2.24) is 24.3 Å². The van der Waals surface area contributed by atoms with Gasteiger partial charge in [0.15, 0.2) is 0 Å². The van der Waals surface area contributed by atoms with Crippen LogP contribution >= 0.6 is 11.6 Å². The maximum Gasteiger partial charge on any atom is 0.268 e. The van der Waals surface area contributed by atoms with Crippen LogP contribution in [-0.2, 0) is 7.05 Å². The first-order valence-corrected chi connectivity index (χ1v) is 7.38. The Kier molecular flexibility index (Phi) is 3.85. The topological polar surface area (TPSA) is 64.2 Å². The molecule has 3 rings (SSSR count). The molecule has 0 radical (unpaired) electrons. The molecule has 0 aliphatic carbocycles. The number of aromatic nitrogens is 4. The van der Waals surface area contributed by atoms with Gasteiger partial charge in [0.1, 0.15) is 5.69 Å². The van der Waals surface area contributed by atoms with E-state index < -0.39 is 0 Å². The molecule has 3 aromatic heterocycles. The van der Waals surface area contributed by atoms with Crippen molar-refractivity contribution in [3.63, 3.8) is 0 Å². The summed E-state index contributed by atoms with van der Waals surface area (Å²) in [6.07, 6.45) is 7.89. The van der Waals surface area contributed by atoms with Crippen LogP contribution in [0.25, 0.3) is 5.78 Å². The second kappa shape index (κ2) is 5.81. The minimum Gasteiger partial charge on any atom is -0.345 e. The number of hydrogen-bond donors (Lipinski definition) is 1. The molecular formula is C15H16ClN5O. The number of nitrogens with zero attached hydrogens (tertiary/aromatic N) is 4. The van der Waals surface area contributed by atoms with Crippen molar-refractivity contribution in [1.29, 1.82) is 0 Å². The SMILES string of the molecule is CCC(NC(=O)c1cc(Cl)cn1C)c1cn2cccnc2n1. The van der Waals surface area contributed by atoms with Gasteiger partial charge in [0.2, 0.25) is 5.78 Å². The van der Waals surface area contributed by atoms with Crippen LogP contribution in [0.3, 0.4) is 0 Å². The van der Waals surface area contributed by atoms with E-state index in [9.17, 15) is 4.79 Å². The van der Waals surface area contributed by atoms with Crippen LogP contribution in [0.1, 0.15) is 35.6 Å². The van der Waals surface area contributed by atoms with Crippen LogP contribution in [0.15, 0.2) is 36.9 Å². The molecule has 114 valence electrons. The van der Waals surface area contributed by atoms with Gasteiger partial charge < -0.3 is 9.88 Å². The Morgan fingerprint density at radius 3 is 2.91 bits per heavy atom. The van der Waals surface area contributed by atoms with Crippen LogP contribution in [-0.4, -0.2) is 24.8 Å². The van der Waals surface area contributed by atoms with Crippen LogP contribution in [0, 0.1) is 0 Å². The molecule has 22 heavy (non-hydrogen) atoms. The molecule has 0 saturated carbocycles. The Bertz CT molecular complexity index is 789. The smallest absolute Gasteiger partial charge is 0.268 e. The summed E-state index contributed by atoms with van der Waals surface area (Å²) < 4.78 is 3.54. The molecule has 0 bridgehead atoms. The summed E-state index contributed by atoms with van der Waals surface area (Å²) in [6, 6.07) is 3.31. The molecule has 0 aliphatic heterocycles. The number of imidazole rings is 1. The molecule has 0 fully saturated rings. The first-order chi connectivity index (χ1) is 10.6. The second-order valence-corrected chi connectivity index (χ2v) is 5.52. The van der Waals surface area contributed by atoms with Crippen LogP contribution in [0.4, 0.5) is 0 Å². The molecule has 1 N–H and O–H groups in total. The molecule has 6 nitrogen and oxygen atoms in total. The summed E-state index contributed by atoms with van der Waals surface area (Å²) in [5, 5.41) is 3.53. The normalized spacial score (nSPS) is 12.5. The zero-order valence-corrected chi connectivity index (χ0v) is 13.1. The van der Waals surface area contributed by atoms with E-state index in [1.165, 1.54) is 0 Å². The fourth-order valence-corrected chi connectivity index (χ4v) is 2.63. The third-order valence-electron chi connectivity index (χ3n) is 3.53. The largest absolute Gasteiger partial charge is 0.345 e. The lowest BCUT2D eigenvalue weighted by atomic mass is 10.1. The maximum atomic E-state index is 12.4. The van der Waals surface area contributed by atoms with Gasteiger partial charge >= 0.3 is 0 Å². The summed E-state index contributed by atoms with van der Waals surface area (Å²) >= 11 is 5.93. The van der Waals surface area contributed by atoms with Gasteiger partial charge in [-0.15, -0.1) is 0 Å². The Labute approximate surface area is 132 Å². The van der Waals surface area contributed by atoms with Gasteiger partial charge in [0.25, 0.3) is 5.91 Å². The first kappa shape index (κ1) is 14.6.